The van der Waals surface area contributed by atoms with E-state index in [1.807, 2.05) is 0 Å². The molecule has 0 spiro atoms. The van der Waals surface area contributed by atoms with Gasteiger partial charge in [0.2, 0.25) is 0 Å². The number of halogens is 6. The number of nitrogens with zero attached hydrogens (tertiary/aromatic N) is 6. The molecule has 0 bridgehead atoms. The smallest absolute Gasteiger partial charge is 0.365 e. The average Bonchev–Trinajstić information content (AvgIpc) is 2.91. The Balaban J connectivity index is 1.40. The summed E-state index contributed by atoms with van der Waals surface area (Å²) < 4.78 is 80.3. The van der Waals surface area contributed by atoms with Crippen molar-refractivity contribution in [3.63, 3.8) is 0 Å². The van der Waals surface area contributed by atoms with Crippen molar-refractivity contribution in [1.82, 2.24) is 30.1 Å². The first-order valence-corrected chi connectivity index (χ1v) is 11.3. The zero-order valence-corrected chi connectivity index (χ0v) is 19.6. The third-order valence-corrected chi connectivity index (χ3v) is 5.50. The summed E-state index contributed by atoms with van der Waals surface area (Å²) in [5.74, 6) is 0.183. The molecule has 1 aliphatic rings. The lowest BCUT2D eigenvalue weighted by atomic mass is 10.1. The molecule has 4 aromatic rings. The lowest BCUT2D eigenvalue weighted by Crippen LogP contribution is -2.17. The molecule has 0 aromatic carbocycles. The van der Waals surface area contributed by atoms with Crippen LogP contribution in [0.25, 0.3) is 17.1 Å². The minimum Gasteiger partial charge on any atom is -0.365 e. The summed E-state index contributed by atoms with van der Waals surface area (Å²) >= 11 is 0. The van der Waals surface area contributed by atoms with Crippen LogP contribution in [0, 0.1) is 0 Å². The second-order valence-electron chi connectivity index (χ2n) is 8.21. The number of hydrogen-bond acceptors (Lipinski definition) is 9. The molecule has 200 valence electrons. The summed E-state index contributed by atoms with van der Waals surface area (Å²) in [6, 6.07) is 6.33. The van der Waals surface area contributed by atoms with Crippen molar-refractivity contribution in [3.05, 3.63) is 83.6 Å². The van der Waals surface area contributed by atoms with Crippen molar-refractivity contribution in [1.29, 1.82) is 0 Å². The Labute approximate surface area is 216 Å². The van der Waals surface area contributed by atoms with E-state index in [-0.39, 0.29) is 41.9 Å². The summed E-state index contributed by atoms with van der Waals surface area (Å²) in [7, 11) is 0. The molecule has 1 aliphatic heterocycles. The Hall–Kier alpha value is -4.82. The second kappa shape index (κ2) is 10.2. The predicted molar refractivity (Wildman–Crippen MR) is 129 cm³/mol. The quantitative estimate of drug-likeness (QED) is 0.280. The predicted octanol–water partition coefficient (Wildman–Crippen LogP) is 5.25. The molecule has 9 nitrogen and oxygen atoms in total. The third-order valence-electron chi connectivity index (χ3n) is 5.50. The van der Waals surface area contributed by atoms with Gasteiger partial charge in [-0.3, -0.25) is 4.98 Å². The first-order valence-electron chi connectivity index (χ1n) is 11.3. The summed E-state index contributed by atoms with van der Waals surface area (Å²) in [5.41, 5.74) is -1.30. The molecular formula is C24H17F6N9. The molecule has 0 saturated heterocycles. The Morgan fingerprint density at radius 1 is 0.872 bits per heavy atom. The van der Waals surface area contributed by atoms with Gasteiger partial charge in [0.25, 0.3) is 0 Å². The van der Waals surface area contributed by atoms with Crippen LogP contribution in [0.1, 0.15) is 22.4 Å². The van der Waals surface area contributed by atoms with Crippen molar-refractivity contribution in [2.45, 2.75) is 18.9 Å². The molecule has 39 heavy (non-hydrogen) atoms. The Morgan fingerprint density at radius 3 is 2.41 bits per heavy atom. The van der Waals surface area contributed by atoms with E-state index in [1.54, 1.807) is 30.6 Å². The van der Waals surface area contributed by atoms with E-state index < -0.39 is 29.2 Å². The lowest BCUT2D eigenvalue weighted by molar-refractivity contribution is -0.138. The Bertz CT molecular complexity index is 1500. The highest BCUT2D eigenvalue weighted by Gasteiger charge is 2.36. The van der Waals surface area contributed by atoms with Gasteiger partial charge < -0.3 is 16.0 Å². The van der Waals surface area contributed by atoms with Crippen molar-refractivity contribution < 1.29 is 26.3 Å². The van der Waals surface area contributed by atoms with E-state index in [0.717, 1.165) is 30.0 Å². The first kappa shape index (κ1) is 25.8. The summed E-state index contributed by atoms with van der Waals surface area (Å²) in [6.45, 7) is 0.417. The third kappa shape index (κ3) is 5.86. The maximum absolute atomic E-state index is 14.0. The number of pyridine rings is 2. The van der Waals surface area contributed by atoms with Crippen LogP contribution in [0.2, 0.25) is 0 Å². The van der Waals surface area contributed by atoms with Gasteiger partial charge in [0.15, 0.2) is 5.82 Å². The number of anilines is 3. The largest absolute Gasteiger partial charge is 0.418 e. The van der Waals surface area contributed by atoms with Crippen LogP contribution in [-0.4, -0.2) is 36.7 Å². The maximum atomic E-state index is 14.0. The van der Waals surface area contributed by atoms with Crippen LogP contribution >= 0.6 is 0 Å². The number of alkyl halides is 6. The van der Waals surface area contributed by atoms with Crippen molar-refractivity contribution in [3.8, 4) is 11.4 Å². The fraction of sp³-hybridized carbons (Fsp3) is 0.167. The molecule has 0 amide bonds. The molecule has 15 heteroatoms. The van der Waals surface area contributed by atoms with E-state index >= 15 is 0 Å². The average molecular weight is 545 g/mol. The molecule has 5 rings (SSSR count). The molecule has 0 aliphatic carbocycles. The van der Waals surface area contributed by atoms with Gasteiger partial charge in [-0.15, -0.1) is 10.2 Å². The molecule has 0 radical (unpaired) electrons. The summed E-state index contributed by atoms with van der Waals surface area (Å²) in [6.07, 6.45) is -2.69. The zero-order chi connectivity index (χ0) is 27.6. The lowest BCUT2D eigenvalue weighted by Gasteiger charge is -2.20. The Morgan fingerprint density at radius 2 is 1.72 bits per heavy atom. The first-order chi connectivity index (χ1) is 18.6. The van der Waals surface area contributed by atoms with E-state index in [1.165, 1.54) is 0 Å². The van der Waals surface area contributed by atoms with Crippen LogP contribution in [0.4, 0.5) is 43.8 Å². The van der Waals surface area contributed by atoms with Gasteiger partial charge in [-0.1, -0.05) is 6.07 Å². The molecule has 0 unspecified atom stereocenters. The number of nitrogens with one attached hydrogen (secondary N) is 3. The minimum absolute atomic E-state index is 0.0857. The van der Waals surface area contributed by atoms with Gasteiger partial charge in [-0.2, -0.15) is 26.3 Å². The SMILES string of the molecule is FC(F)(F)c1ccc(NC2=CCNc3nc(-c4nnc(NCc5cccnc5)cc4C(F)(F)F)cnc32)nc1. The van der Waals surface area contributed by atoms with Crippen molar-refractivity contribution in [2.24, 2.45) is 0 Å². The maximum Gasteiger partial charge on any atom is 0.418 e. The normalized spacial score (nSPS) is 13.2. The van der Waals surface area contributed by atoms with Gasteiger partial charge in [0, 0.05) is 31.7 Å². The zero-order valence-electron chi connectivity index (χ0n) is 19.6. The number of hydrogen-bond donors (Lipinski definition) is 3. The highest BCUT2D eigenvalue weighted by atomic mass is 19.4. The fourth-order valence-corrected chi connectivity index (χ4v) is 3.63. The topological polar surface area (TPSA) is 113 Å². The summed E-state index contributed by atoms with van der Waals surface area (Å²) in [4.78, 5) is 16.2. The van der Waals surface area contributed by atoms with E-state index in [9.17, 15) is 26.3 Å². The monoisotopic (exact) mass is 545 g/mol. The molecule has 0 saturated carbocycles. The Kier molecular flexibility index (Phi) is 6.72. The molecule has 3 N–H and O–H groups in total. The fourth-order valence-electron chi connectivity index (χ4n) is 3.63. The van der Waals surface area contributed by atoms with Crippen LogP contribution in [0.15, 0.2) is 61.2 Å². The van der Waals surface area contributed by atoms with E-state index in [4.69, 9.17) is 0 Å². The molecule has 0 fully saturated rings. The van der Waals surface area contributed by atoms with Crippen molar-refractivity contribution in [2.75, 3.05) is 22.5 Å². The molecule has 4 aromatic heterocycles. The number of fused-ring (bicyclic) bond motifs is 1. The van der Waals surface area contributed by atoms with E-state index in [2.05, 4.69) is 46.1 Å². The second-order valence-corrected chi connectivity index (χ2v) is 8.21. The van der Waals surface area contributed by atoms with Crippen molar-refractivity contribution >= 4 is 23.2 Å². The van der Waals surface area contributed by atoms with Gasteiger partial charge in [-0.25, -0.2) is 15.0 Å². The molecular weight excluding hydrogens is 528 g/mol. The standard InChI is InChI=1S/C24H17F6N9/c25-23(26,27)14-3-4-18(34-11-14)36-16-5-7-32-22-21(16)35-12-17(37-22)20-15(24(28,29)30)8-19(38-39-20)33-10-13-2-1-6-31-9-13/h1-6,8-9,11-12H,7,10H2,(H,32,37)(H,33,38)(H,34,36). The number of rotatable bonds is 6. The van der Waals surface area contributed by atoms with Crippen LogP contribution < -0.4 is 16.0 Å². The van der Waals surface area contributed by atoms with Gasteiger partial charge >= 0.3 is 12.4 Å². The van der Waals surface area contributed by atoms with Crippen LogP contribution in [-0.2, 0) is 18.9 Å². The number of aromatic nitrogens is 6. The minimum atomic E-state index is -4.76. The van der Waals surface area contributed by atoms with Gasteiger partial charge in [0.05, 0.1) is 23.0 Å². The molecule has 0 atom stereocenters. The van der Waals surface area contributed by atoms with Crippen LogP contribution in [0.5, 0.6) is 0 Å². The molecule has 5 heterocycles. The van der Waals surface area contributed by atoms with Gasteiger partial charge in [-0.05, 0) is 35.9 Å². The van der Waals surface area contributed by atoms with Crippen LogP contribution in [0.3, 0.4) is 0 Å². The summed E-state index contributed by atoms with van der Waals surface area (Å²) in [5, 5.41) is 16.2. The highest BCUT2D eigenvalue weighted by molar-refractivity contribution is 5.82. The van der Waals surface area contributed by atoms with Gasteiger partial charge in [0.1, 0.15) is 28.7 Å². The highest BCUT2D eigenvalue weighted by Crippen LogP contribution is 2.37. The van der Waals surface area contributed by atoms with E-state index in [0.29, 0.717) is 11.9 Å².